The molecule has 1 amide bonds. The Kier molecular flexibility index (Phi) is 4.44. The predicted molar refractivity (Wildman–Crippen MR) is 90.2 cm³/mol. The van der Waals surface area contributed by atoms with E-state index in [1.54, 1.807) is 18.5 Å². The zero-order chi connectivity index (χ0) is 17.1. The molecule has 0 aliphatic carbocycles. The van der Waals surface area contributed by atoms with Crippen molar-refractivity contribution >= 4 is 5.91 Å². The first kappa shape index (κ1) is 16.1. The highest BCUT2D eigenvalue weighted by atomic mass is 16.6. The van der Waals surface area contributed by atoms with Gasteiger partial charge in [-0.1, -0.05) is 6.07 Å². The largest absolute Gasteiger partial charge is 0.472 e. The molecule has 25 heavy (non-hydrogen) atoms. The molecule has 0 radical (unpaired) electrons. The second-order valence-corrected chi connectivity index (χ2v) is 6.78. The summed E-state index contributed by atoms with van der Waals surface area (Å²) in [5, 5.41) is 0. The highest BCUT2D eigenvalue weighted by molar-refractivity contribution is 5.78. The van der Waals surface area contributed by atoms with Crippen LogP contribution in [-0.4, -0.2) is 47.2 Å². The van der Waals surface area contributed by atoms with Crippen LogP contribution in [0.25, 0.3) is 0 Å². The molecule has 6 nitrogen and oxygen atoms in total. The highest BCUT2D eigenvalue weighted by Gasteiger charge is 2.45. The fourth-order valence-corrected chi connectivity index (χ4v) is 3.74. The van der Waals surface area contributed by atoms with Crippen LogP contribution in [0.15, 0.2) is 47.2 Å². The minimum absolute atomic E-state index is 0.0185. The number of ether oxygens (including phenoxy) is 2. The summed E-state index contributed by atoms with van der Waals surface area (Å²) in [6.07, 6.45) is 6.29. The normalized spacial score (nSPS) is 26.1. The molecular weight excluding hydrogens is 320 g/mol. The van der Waals surface area contributed by atoms with Crippen LogP contribution in [0.3, 0.4) is 0 Å². The number of rotatable bonds is 4. The molecular formula is C19H22N2O4. The van der Waals surface area contributed by atoms with Gasteiger partial charge in [0.25, 0.3) is 0 Å². The molecule has 2 saturated heterocycles. The zero-order valence-corrected chi connectivity index (χ0v) is 14.1. The summed E-state index contributed by atoms with van der Waals surface area (Å²) >= 11 is 0. The maximum absolute atomic E-state index is 12.5. The lowest BCUT2D eigenvalue weighted by Crippen LogP contribution is -2.50. The van der Waals surface area contributed by atoms with Crippen LogP contribution in [0.5, 0.6) is 5.88 Å². The highest BCUT2D eigenvalue weighted by Crippen LogP contribution is 2.36. The molecule has 0 bridgehead atoms. The van der Waals surface area contributed by atoms with E-state index in [1.165, 1.54) is 0 Å². The molecule has 2 aliphatic rings. The summed E-state index contributed by atoms with van der Waals surface area (Å²) in [6, 6.07) is 9.26. The summed E-state index contributed by atoms with van der Waals surface area (Å²) in [6.45, 7) is 1.93. The quantitative estimate of drug-likeness (QED) is 0.854. The topological polar surface area (TPSA) is 64.8 Å². The van der Waals surface area contributed by atoms with Crippen LogP contribution in [-0.2, 0) is 16.0 Å². The Labute approximate surface area is 146 Å². The number of hydrogen-bond acceptors (Lipinski definition) is 5. The van der Waals surface area contributed by atoms with Gasteiger partial charge in [-0.3, -0.25) is 4.79 Å². The van der Waals surface area contributed by atoms with Crippen molar-refractivity contribution < 1.29 is 18.7 Å². The first-order valence-corrected chi connectivity index (χ1v) is 8.74. The molecule has 0 saturated carbocycles. The average molecular weight is 342 g/mol. The van der Waals surface area contributed by atoms with Gasteiger partial charge in [0, 0.05) is 31.8 Å². The van der Waals surface area contributed by atoms with E-state index in [-0.39, 0.29) is 17.6 Å². The number of pyridine rings is 1. The number of carbonyl (C=O) groups is 1. The Morgan fingerprint density at radius 2 is 2.32 bits per heavy atom. The van der Waals surface area contributed by atoms with E-state index in [0.717, 1.165) is 25.8 Å². The number of piperidine rings is 1. The molecule has 4 heterocycles. The Morgan fingerprint density at radius 1 is 1.36 bits per heavy atom. The maximum Gasteiger partial charge on any atom is 0.230 e. The van der Waals surface area contributed by atoms with Crippen LogP contribution in [0.2, 0.25) is 0 Å². The third-order valence-corrected chi connectivity index (χ3v) is 4.90. The van der Waals surface area contributed by atoms with Crippen molar-refractivity contribution in [1.82, 2.24) is 9.88 Å². The molecule has 2 aromatic rings. The Bertz CT molecular complexity index is 703. The van der Waals surface area contributed by atoms with E-state index >= 15 is 0 Å². The van der Waals surface area contributed by atoms with Gasteiger partial charge in [-0.2, -0.15) is 0 Å². The van der Waals surface area contributed by atoms with Crippen molar-refractivity contribution in [2.75, 3.05) is 19.7 Å². The number of furan rings is 1. The average Bonchev–Trinajstić information content (AvgIpc) is 3.26. The third kappa shape index (κ3) is 3.69. The molecule has 132 valence electrons. The van der Waals surface area contributed by atoms with Gasteiger partial charge in [-0.25, -0.2) is 4.98 Å². The van der Waals surface area contributed by atoms with Crippen LogP contribution in [0.4, 0.5) is 0 Å². The summed E-state index contributed by atoms with van der Waals surface area (Å²) in [7, 11) is 0. The fourth-order valence-electron chi connectivity index (χ4n) is 3.74. The predicted octanol–water partition coefficient (Wildman–Crippen LogP) is 2.45. The lowest BCUT2D eigenvalue weighted by atomic mass is 9.89. The minimum Gasteiger partial charge on any atom is -0.472 e. The molecule has 0 aromatic carbocycles. The molecule has 4 rings (SSSR count). The molecule has 1 spiro atoms. The van der Waals surface area contributed by atoms with Gasteiger partial charge in [0.15, 0.2) is 0 Å². The molecule has 6 heteroatoms. The zero-order valence-electron chi connectivity index (χ0n) is 14.1. The molecule has 0 unspecified atom stereocenters. The van der Waals surface area contributed by atoms with Crippen LogP contribution in [0.1, 0.15) is 25.0 Å². The summed E-state index contributed by atoms with van der Waals surface area (Å²) in [4.78, 5) is 18.7. The van der Waals surface area contributed by atoms with E-state index in [9.17, 15) is 4.79 Å². The molecule has 2 aliphatic heterocycles. The van der Waals surface area contributed by atoms with Crippen LogP contribution >= 0.6 is 0 Å². The number of aromatic nitrogens is 1. The Balaban J connectivity index is 1.36. The van der Waals surface area contributed by atoms with E-state index in [1.807, 2.05) is 29.2 Å². The number of amides is 1. The van der Waals surface area contributed by atoms with Crippen molar-refractivity contribution in [3.63, 3.8) is 0 Å². The lowest BCUT2D eigenvalue weighted by Gasteiger charge is -2.39. The SMILES string of the molecule is O=C(Cc1ccco1)N1CCC[C@]2(C[C@@H](Oc3ccccn3)CO2)C1. The van der Waals surface area contributed by atoms with Gasteiger partial charge in [-0.05, 0) is 31.0 Å². The lowest BCUT2D eigenvalue weighted by molar-refractivity contribution is -0.138. The number of likely N-dealkylation sites (tertiary alicyclic amines) is 1. The van der Waals surface area contributed by atoms with Crippen LogP contribution < -0.4 is 4.74 Å². The first-order valence-electron chi connectivity index (χ1n) is 8.74. The number of nitrogens with zero attached hydrogens (tertiary/aromatic N) is 2. The Hall–Kier alpha value is -2.34. The summed E-state index contributed by atoms with van der Waals surface area (Å²) in [5.41, 5.74) is -0.295. The second kappa shape index (κ2) is 6.88. The van der Waals surface area contributed by atoms with Gasteiger partial charge in [0.2, 0.25) is 11.8 Å². The standard InChI is InChI=1S/C19H22N2O4/c22-18(11-15-5-3-10-23-15)21-9-4-7-19(14-21)12-16(13-24-19)25-17-6-1-2-8-20-17/h1-3,5-6,8,10,16H,4,7,9,11-14H2/t16-,19+/m1/s1. The van der Waals surface area contributed by atoms with Gasteiger partial charge in [0.05, 0.1) is 24.9 Å². The molecule has 2 atom stereocenters. The van der Waals surface area contributed by atoms with Gasteiger partial charge in [-0.15, -0.1) is 0 Å². The molecule has 2 fully saturated rings. The fraction of sp³-hybridized carbons (Fsp3) is 0.474. The van der Waals surface area contributed by atoms with E-state index in [0.29, 0.717) is 31.2 Å². The number of carbonyl (C=O) groups excluding carboxylic acids is 1. The summed E-state index contributed by atoms with van der Waals surface area (Å²) < 4.78 is 17.3. The van der Waals surface area contributed by atoms with Gasteiger partial charge >= 0.3 is 0 Å². The Morgan fingerprint density at radius 3 is 3.12 bits per heavy atom. The van der Waals surface area contributed by atoms with E-state index < -0.39 is 0 Å². The number of hydrogen-bond donors (Lipinski definition) is 0. The van der Waals surface area contributed by atoms with Gasteiger partial charge < -0.3 is 18.8 Å². The first-order chi connectivity index (χ1) is 12.2. The smallest absolute Gasteiger partial charge is 0.230 e. The van der Waals surface area contributed by atoms with E-state index in [2.05, 4.69) is 4.98 Å². The molecule has 0 N–H and O–H groups in total. The van der Waals surface area contributed by atoms with Gasteiger partial charge in [0.1, 0.15) is 11.9 Å². The minimum atomic E-state index is -0.295. The maximum atomic E-state index is 12.5. The van der Waals surface area contributed by atoms with Crippen molar-refractivity contribution in [1.29, 1.82) is 0 Å². The second-order valence-electron chi connectivity index (χ2n) is 6.78. The summed E-state index contributed by atoms with van der Waals surface area (Å²) in [5.74, 6) is 1.41. The molecule has 2 aromatic heterocycles. The van der Waals surface area contributed by atoms with Crippen molar-refractivity contribution in [2.45, 2.75) is 37.4 Å². The van der Waals surface area contributed by atoms with Crippen molar-refractivity contribution in [3.8, 4) is 5.88 Å². The monoisotopic (exact) mass is 342 g/mol. The van der Waals surface area contributed by atoms with Crippen molar-refractivity contribution in [2.24, 2.45) is 0 Å². The third-order valence-electron chi connectivity index (χ3n) is 4.90. The van der Waals surface area contributed by atoms with Crippen molar-refractivity contribution in [3.05, 3.63) is 48.6 Å². The van der Waals surface area contributed by atoms with Crippen LogP contribution in [0, 0.1) is 0 Å². The van der Waals surface area contributed by atoms with E-state index in [4.69, 9.17) is 13.9 Å².